The smallest absolute Gasteiger partial charge is 0.237 e. The normalized spacial score (nSPS) is 27.8. The van der Waals surface area contributed by atoms with Crippen molar-refractivity contribution in [1.29, 1.82) is 0 Å². The Morgan fingerprint density at radius 2 is 1.88 bits per heavy atom. The van der Waals surface area contributed by atoms with E-state index in [-0.39, 0.29) is 23.9 Å². The summed E-state index contributed by atoms with van der Waals surface area (Å²) in [5, 5.41) is 3.03. The van der Waals surface area contributed by atoms with E-state index in [0.717, 1.165) is 25.7 Å². The van der Waals surface area contributed by atoms with Crippen molar-refractivity contribution >= 4 is 5.91 Å². The van der Waals surface area contributed by atoms with Gasteiger partial charge in [-0.05, 0) is 31.6 Å². The molecule has 1 rings (SSSR count). The Labute approximate surface area is 97.9 Å². The molecule has 0 bridgehead atoms. The Bertz CT molecular complexity index is 223. The van der Waals surface area contributed by atoms with Gasteiger partial charge in [0.05, 0.1) is 12.1 Å². The highest BCUT2D eigenvalue weighted by atomic mass is 16.5. The molecule has 1 aliphatic carbocycles. The number of hydrogen-bond acceptors (Lipinski definition) is 3. The zero-order valence-electron chi connectivity index (χ0n) is 10.5. The molecule has 0 heterocycles. The van der Waals surface area contributed by atoms with Gasteiger partial charge in [0.2, 0.25) is 5.91 Å². The van der Waals surface area contributed by atoms with E-state index >= 15 is 0 Å². The van der Waals surface area contributed by atoms with Crippen LogP contribution in [-0.2, 0) is 9.53 Å². The summed E-state index contributed by atoms with van der Waals surface area (Å²) in [5.41, 5.74) is 5.79. The Balaban J connectivity index is 2.31. The number of carbonyl (C=O) groups is 1. The van der Waals surface area contributed by atoms with Crippen LogP contribution in [0.5, 0.6) is 0 Å². The first-order valence-electron chi connectivity index (χ1n) is 6.13. The molecule has 0 aliphatic heterocycles. The number of ether oxygens (including phenoxy) is 1. The average molecular weight is 228 g/mol. The van der Waals surface area contributed by atoms with Crippen molar-refractivity contribution in [2.75, 3.05) is 7.11 Å². The summed E-state index contributed by atoms with van der Waals surface area (Å²) in [4.78, 5) is 11.7. The first kappa shape index (κ1) is 13.5. The number of nitrogens with two attached hydrogens (primary N) is 1. The van der Waals surface area contributed by atoms with Crippen molar-refractivity contribution in [2.45, 2.75) is 57.7 Å². The average Bonchev–Trinajstić information content (AvgIpc) is 2.28. The van der Waals surface area contributed by atoms with Crippen LogP contribution in [0.3, 0.4) is 0 Å². The minimum atomic E-state index is -0.389. The molecule has 4 nitrogen and oxygen atoms in total. The molecule has 16 heavy (non-hydrogen) atoms. The summed E-state index contributed by atoms with van der Waals surface area (Å²) in [7, 11) is 1.75. The van der Waals surface area contributed by atoms with Crippen LogP contribution in [0.2, 0.25) is 0 Å². The van der Waals surface area contributed by atoms with Gasteiger partial charge >= 0.3 is 0 Å². The van der Waals surface area contributed by atoms with E-state index in [0.29, 0.717) is 6.10 Å². The monoisotopic (exact) mass is 228 g/mol. The predicted octanol–water partition coefficient (Wildman–Crippen LogP) is 1.04. The summed E-state index contributed by atoms with van der Waals surface area (Å²) >= 11 is 0. The van der Waals surface area contributed by atoms with Crippen LogP contribution in [0, 0.1) is 5.92 Å². The number of amides is 1. The maximum absolute atomic E-state index is 11.7. The second-order valence-corrected chi connectivity index (χ2v) is 4.99. The van der Waals surface area contributed by atoms with E-state index in [1.54, 1.807) is 7.11 Å². The quantitative estimate of drug-likeness (QED) is 0.755. The van der Waals surface area contributed by atoms with Gasteiger partial charge in [-0.1, -0.05) is 13.8 Å². The number of carbonyl (C=O) groups excluding carboxylic acids is 1. The fourth-order valence-electron chi connectivity index (χ4n) is 2.04. The molecule has 0 saturated heterocycles. The topological polar surface area (TPSA) is 64.3 Å². The summed E-state index contributed by atoms with van der Waals surface area (Å²) < 4.78 is 5.29. The highest BCUT2D eigenvalue weighted by Gasteiger charge is 2.24. The third kappa shape index (κ3) is 3.76. The van der Waals surface area contributed by atoms with Crippen LogP contribution in [0.15, 0.2) is 0 Å². The molecule has 1 atom stereocenters. The molecule has 1 unspecified atom stereocenters. The van der Waals surface area contributed by atoms with Crippen LogP contribution in [0.25, 0.3) is 0 Å². The SMILES string of the molecule is COC1CCC(NC(=O)C(N)C(C)C)CC1. The van der Waals surface area contributed by atoms with Crippen LogP contribution in [-0.4, -0.2) is 31.2 Å². The molecular formula is C12H24N2O2. The Morgan fingerprint density at radius 1 is 1.31 bits per heavy atom. The van der Waals surface area contributed by atoms with Crippen LogP contribution >= 0.6 is 0 Å². The Kier molecular flexibility index (Phi) is 5.22. The molecule has 1 fully saturated rings. The fourth-order valence-corrected chi connectivity index (χ4v) is 2.04. The van der Waals surface area contributed by atoms with Crippen molar-refractivity contribution in [3.63, 3.8) is 0 Å². The number of methoxy groups -OCH3 is 1. The largest absolute Gasteiger partial charge is 0.381 e. The molecule has 94 valence electrons. The number of nitrogens with one attached hydrogen (secondary N) is 1. The van der Waals surface area contributed by atoms with Gasteiger partial charge in [0.25, 0.3) is 0 Å². The minimum absolute atomic E-state index is 0.0177. The lowest BCUT2D eigenvalue weighted by Crippen LogP contribution is -2.49. The Hall–Kier alpha value is -0.610. The molecule has 0 radical (unpaired) electrons. The fraction of sp³-hybridized carbons (Fsp3) is 0.917. The van der Waals surface area contributed by atoms with Crippen molar-refractivity contribution < 1.29 is 9.53 Å². The summed E-state index contributed by atoms with van der Waals surface area (Å²) in [6.07, 6.45) is 4.41. The van der Waals surface area contributed by atoms with E-state index in [1.165, 1.54) is 0 Å². The third-order valence-electron chi connectivity index (χ3n) is 3.37. The van der Waals surface area contributed by atoms with E-state index in [2.05, 4.69) is 5.32 Å². The molecule has 1 saturated carbocycles. The lowest BCUT2D eigenvalue weighted by Gasteiger charge is -2.29. The van der Waals surface area contributed by atoms with Gasteiger partial charge in [-0.15, -0.1) is 0 Å². The first-order valence-corrected chi connectivity index (χ1v) is 6.13. The maximum Gasteiger partial charge on any atom is 0.237 e. The van der Waals surface area contributed by atoms with E-state index in [1.807, 2.05) is 13.8 Å². The molecule has 4 heteroatoms. The second-order valence-electron chi connectivity index (χ2n) is 4.99. The van der Waals surface area contributed by atoms with Crippen LogP contribution in [0.4, 0.5) is 0 Å². The van der Waals surface area contributed by atoms with Crippen LogP contribution < -0.4 is 11.1 Å². The molecule has 1 amide bonds. The molecule has 0 aromatic heterocycles. The van der Waals surface area contributed by atoms with Crippen molar-refractivity contribution in [2.24, 2.45) is 11.7 Å². The molecule has 3 N–H and O–H groups in total. The standard InChI is InChI=1S/C12H24N2O2/c1-8(2)11(13)12(15)14-9-4-6-10(16-3)7-5-9/h8-11H,4-7,13H2,1-3H3,(H,14,15). The van der Waals surface area contributed by atoms with E-state index < -0.39 is 0 Å². The minimum Gasteiger partial charge on any atom is -0.381 e. The van der Waals surface area contributed by atoms with E-state index in [9.17, 15) is 4.79 Å². The molecule has 0 aromatic rings. The van der Waals surface area contributed by atoms with Gasteiger partial charge in [-0.2, -0.15) is 0 Å². The zero-order chi connectivity index (χ0) is 12.1. The maximum atomic E-state index is 11.7. The van der Waals surface area contributed by atoms with E-state index in [4.69, 9.17) is 10.5 Å². The summed E-state index contributed by atoms with van der Waals surface area (Å²) in [6, 6.07) is -0.108. The molecule has 0 aromatic carbocycles. The molecular weight excluding hydrogens is 204 g/mol. The molecule has 1 aliphatic rings. The number of rotatable bonds is 4. The number of hydrogen-bond donors (Lipinski definition) is 2. The first-order chi connectivity index (χ1) is 7.54. The third-order valence-corrected chi connectivity index (χ3v) is 3.37. The van der Waals surface area contributed by atoms with Gasteiger partial charge in [0.1, 0.15) is 0 Å². The predicted molar refractivity (Wildman–Crippen MR) is 64.0 cm³/mol. The van der Waals surface area contributed by atoms with Gasteiger partial charge in [-0.3, -0.25) is 4.79 Å². The zero-order valence-corrected chi connectivity index (χ0v) is 10.5. The molecule has 0 spiro atoms. The highest BCUT2D eigenvalue weighted by molar-refractivity contribution is 5.82. The van der Waals surface area contributed by atoms with Gasteiger partial charge in [0.15, 0.2) is 0 Å². The highest BCUT2D eigenvalue weighted by Crippen LogP contribution is 2.20. The Morgan fingerprint density at radius 3 is 2.31 bits per heavy atom. The van der Waals surface area contributed by atoms with Crippen molar-refractivity contribution in [3.8, 4) is 0 Å². The second kappa shape index (κ2) is 6.21. The summed E-state index contributed by atoms with van der Waals surface area (Å²) in [6.45, 7) is 3.93. The lowest BCUT2D eigenvalue weighted by atomic mass is 9.92. The van der Waals surface area contributed by atoms with Crippen LogP contribution in [0.1, 0.15) is 39.5 Å². The van der Waals surface area contributed by atoms with Gasteiger partial charge in [-0.25, -0.2) is 0 Å². The van der Waals surface area contributed by atoms with Crippen molar-refractivity contribution in [1.82, 2.24) is 5.32 Å². The van der Waals surface area contributed by atoms with Gasteiger partial charge < -0.3 is 15.8 Å². The van der Waals surface area contributed by atoms with Crippen molar-refractivity contribution in [3.05, 3.63) is 0 Å². The van der Waals surface area contributed by atoms with Gasteiger partial charge in [0, 0.05) is 13.2 Å². The summed E-state index contributed by atoms with van der Waals surface area (Å²) in [5.74, 6) is 0.172. The lowest BCUT2D eigenvalue weighted by molar-refractivity contribution is -0.124.